The van der Waals surface area contributed by atoms with Gasteiger partial charge in [-0.15, -0.1) is 11.3 Å². The molecule has 0 bridgehead atoms. The van der Waals surface area contributed by atoms with E-state index in [9.17, 15) is 4.79 Å². The second-order valence-corrected chi connectivity index (χ2v) is 8.49. The summed E-state index contributed by atoms with van der Waals surface area (Å²) < 4.78 is 1.08. The number of carbonyl (C=O) groups excluding carboxylic acids is 1. The topological polar surface area (TPSA) is 29.1 Å². The Morgan fingerprint density at radius 3 is 2.32 bits per heavy atom. The summed E-state index contributed by atoms with van der Waals surface area (Å²) in [5.74, 6) is -0.196. The molecule has 140 valence electrons. The molecule has 0 aliphatic heterocycles. The highest BCUT2D eigenvalue weighted by Gasteiger charge is 2.20. The van der Waals surface area contributed by atoms with Crippen LogP contribution in [0.4, 0.5) is 5.69 Å². The van der Waals surface area contributed by atoms with Gasteiger partial charge in [-0.1, -0.05) is 77.3 Å². The molecule has 0 unspecified atom stereocenters. The van der Waals surface area contributed by atoms with E-state index in [0.29, 0.717) is 27.0 Å². The van der Waals surface area contributed by atoms with E-state index in [2.05, 4.69) is 42.6 Å². The third kappa shape index (κ3) is 3.79. The lowest BCUT2D eigenvalue weighted by Gasteiger charge is -2.10. The van der Waals surface area contributed by atoms with Crippen molar-refractivity contribution in [2.24, 2.45) is 0 Å². The van der Waals surface area contributed by atoms with Gasteiger partial charge >= 0.3 is 0 Å². The monoisotopic (exact) mass is 425 g/mol. The number of hydrogen-bond donors (Lipinski definition) is 1. The van der Waals surface area contributed by atoms with Crippen LogP contribution in [0.15, 0.2) is 66.7 Å². The first-order valence-electron chi connectivity index (χ1n) is 8.84. The lowest BCUT2D eigenvalue weighted by Crippen LogP contribution is -2.13. The number of fused-ring (bicyclic) bond motifs is 1. The number of rotatable bonds is 4. The molecule has 0 aliphatic rings. The summed E-state index contributed by atoms with van der Waals surface area (Å²) in [6, 6.07) is 21.7. The highest BCUT2D eigenvalue weighted by atomic mass is 35.5. The number of thiophene rings is 1. The number of nitrogens with one attached hydrogen (secondary N) is 1. The minimum Gasteiger partial charge on any atom is -0.319 e. The number of carbonyl (C=O) groups is 1. The first-order valence-corrected chi connectivity index (χ1v) is 10.4. The second kappa shape index (κ2) is 7.96. The molecule has 0 atom stereocenters. The van der Waals surface area contributed by atoms with Crippen molar-refractivity contribution in [3.63, 3.8) is 0 Å². The van der Waals surface area contributed by atoms with Gasteiger partial charge in [-0.3, -0.25) is 4.79 Å². The number of halogens is 2. The quantitative estimate of drug-likeness (QED) is 0.363. The van der Waals surface area contributed by atoms with Crippen molar-refractivity contribution >= 4 is 56.2 Å². The molecular weight excluding hydrogens is 409 g/mol. The van der Waals surface area contributed by atoms with Crippen LogP contribution in [-0.4, -0.2) is 5.91 Å². The molecule has 0 fully saturated rings. The van der Waals surface area contributed by atoms with Crippen LogP contribution in [0.1, 0.15) is 26.4 Å². The van der Waals surface area contributed by atoms with Crippen LogP contribution in [0.25, 0.3) is 10.1 Å². The molecule has 2 nitrogen and oxygen atoms in total. The summed E-state index contributed by atoms with van der Waals surface area (Å²) in [4.78, 5) is 13.8. The summed E-state index contributed by atoms with van der Waals surface area (Å²) in [6.45, 7) is 2.07. The molecule has 0 aliphatic carbocycles. The molecule has 0 saturated heterocycles. The van der Waals surface area contributed by atoms with Crippen molar-refractivity contribution in [2.45, 2.75) is 13.3 Å². The second-order valence-electron chi connectivity index (χ2n) is 6.62. The van der Waals surface area contributed by atoms with Crippen molar-refractivity contribution in [3.05, 3.63) is 98.3 Å². The highest BCUT2D eigenvalue weighted by Crippen LogP contribution is 2.35. The molecule has 0 spiro atoms. The summed E-state index contributed by atoms with van der Waals surface area (Å²) in [5, 5.41) is 4.84. The van der Waals surface area contributed by atoms with Gasteiger partial charge in [-0.25, -0.2) is 0 Å². The van der Waals surface area contributed by atoms with Gasteiger partial charge in [0.2, 0.25) is 0 Å². The maximum absolute atomic E-state index is 13.1. The molecule has 5 heteroatoms. The van der Waals surface area contributed by atoms with E-state index in [4.69, 9.17) is 23.2 Å². The first kappa shape index (κ1) is 19.0. The molecule has 1 amide bonds. The minimum atomic E-state index is -0.196. The van der Waals surface area contributed by atoms with E-state index in [1.54, 1.807) is 18.2 Å². The van der Waals surface area contributed by atoms with E-state index < -0.39 is 0 Å². The Morgan fingerprint density at radius 1 is 0.929 bits per heavy atom. The molecule has 1 heterocycles. The number of amides is 1. The third-order valence-electron chi connectivity index (χ3n) is 4.61. The maximum Gasteiger partial charge on any atom is 0.266 e. The van der Waals surface area contributed by atoms with E-state index in [1.807, 2.05) is 18.2 Å². The lowest BCUT2D eigenvalue weighted by molar-refractivity contribution is 0.103. The zero-order chi connectivity index (χ0) is 19.7. The first-order chi connectivity index (χ1) is 13.5. The normalized spacial score (nSPS) is 11.0. The van der Waals surface area contributed by atoms with Gasteiger partial charge in [0.25, 0.3) is 5.91 Å². The number of aryl methyl sites for hydroxylation is 1. The molecular formula is C23H17Cl2NOS. The number of benzene rings is 3. The van der Waals surface area contributed by atoms with Crippen LogP contribution in [0, 0.1) is 6.92 Å². The molecule has 28 heavy (non-hydrogen) atoms. The fraction of sp³-hybridized carbons (Fsp3) is 0.0870. The number of para-hydroxylation sites is 1. The van der Waals surface area contributed by atoms with Crippen molar-refractivity contribution in [1.82, 2.24) is 0 Å². The Hall–Kier alpha value is -2.33. The van der Waals surface area contributed by atoms with Gasteiger partial charge in [0, 0.05) is 4.70 Å². The van der Waals surface area contributed by atoms with Gasteiger partial charge in [-0.2, -0.15) is 0 Å². The molecule has 1 aromatic heterocycles. The van der Waals surface area contributed by atoms with Gasteiger partial charge in [0.05, 0.1) is 20.6 Å². The zero-order valence-electron chi connectivity index (χ0n) is 15.1. The molecule has 4 aromatic rings. The van der Waals surface area contributed by atoms with E-state index in [0.717, 1.165) is 15.6 Å². The standard InChI is InChI=1S/C23H17Cl2NOS/c1-14-9-11-15(12-10-14)13-17-16-5-2-3-8-20(16)28-22(17)23(27)26-21-18(24)6-4-7-19(21)25/h2-12H,13H2,1H3,(H,26,27). The van der Waals surface area contributed by atoms with Gasteiger partial charge in [0.15, 0.2) is 0 Å². The van der Waals surface area contributed by atoms with Crippen LogP contribution in [0.3, 0.4) is 0 Å². The SMILES string of the molecule is Cc1ccc(Cc2c(C(=O)Nc3c(Cl)cccc3Cl)sc3ccccc23)cc1. The molecule has 3 aromatic carbocycles. The van der Waals surface area contributed by atoms with E-state index >= 15 is 0 Å². The van der Waals surface area contributed by atoms with Crippen LogP contribution >= 0.6 is 34.5 Å². The van der Waals surface area contributed by atoms with Crippen molar-refractivity contribution in [3.8, 4) is 0 Å². The summed E-state index contributed by atoms with van der Waals surface area (Å²) >= 11 is 13.9. The Labute approximate surface area is 177 Å². The summed E-state index contributed by atoms with van der Waals surface area (Å²) in [6.07, 6.45) is 0.684. The summed E-state index contributed by atoms with van der Waals surface area (Å²) in [7, 11) is 0. The van der Waals surface area contributed by atoms with Crippen LogP contribution in [-0.2, 0) is 6.42 Å². The molecule has 4 rings (SSSR count). The number of hydrogen-bond acceptors (Lipinski definition) is 2. The Kier molecular flexibility index (Phi) is 5.40. The largest absolute Gasteiger partial charge is 0.319 e. The van der Waals surface area contributed by atoms with Crippen molar-refractivity contribution in [2.75, 3.05) is 5.32 Å². The minimum absolute atomic E-state index is 0.196. The molecule has 1 N–H and O–H groups in total. The molecule has 0 radical (unpaired) electrons. The van der Waals surface area contributed by atoms with E-state index in [1.165, 1.54) is 22.5 Å². The maximum atomic E-state index is 13.1. The van der Waals surface area contributed by atoms with Crippen molar-refractivity contribution in [1.29, 1.82) is 0 Å². The van der Waals surface area contributed by atoms with E-state index in [-0.39, 0.29) is 5.91 Å². The summed E-state index contributed by atoms with van der Waals surface area (Å²) in [5.41, 5.74) is 3.84. The average molecular weight is 426 g/mol. The lowest BCUT2D eigenvalue weighted by atomic mass is 10.0. The number of anilines is 1. The van der Waals surface area contributed by atoms with Crippen molar-refractivity contribution < 1.29 is 4.79 Å². The smallest absolute Gasteiger partial charge is 0.266 e. The Bertz CT molecular complexity index is 1140. The van der Waals surface area contributed by atoms with Crippen LogP contribution in [0.2, 0.25) is 10.0 Å². The van der Waals surface area contributed by atoms with Gasteiger partial charge < -0.3 is 5.32 Å². The van der Waals surface area contributed by atoms with Crippen LogP contribution < -0.4 is 5.32 Å². The average Bonchev–Trinajstić information content (AvgIpc) is 3.05. The van der Waals surface area contributed by atoms with Gasteiger partial charge in [0.1, 0.15) is 0 Å². The predicted octanol–water partition coefficient (Wildman–Crippen LogP) is 7.36. The predicted molar refractivity (Wildman–Crippen MR) is 120 cm³/mol. The molecule has 0 saturated carbocycles. The van der Waals surface area contributed by atoms with Crippen LogP contribution in [0.5, 0.6) is 0 Å². The Balaban J connectivity index is 1.75. The zero-order valence-corrected chi connectivity index (χ0v) is 17.5. The fourth-order valence-corrected chi connectivity index (χ4v) is 4.76. The van der Waals surface area contributed by atoms with Gasteiger partial charge in [-0.05, 0) is 48.1 Å². The third-order valence-corrected chi connectivity index (χ3v) is 6.45. The highest BCUT2D eigenvalue weighted by molar-refractivity contribution is 7.21. The Morgan fingerprint density at radius 2 is 1.61 bits per heavy atom. The fourth-order valence-electron chi connectivity index (χ4n) is 3.16.